The Morgan fingerprint density at radius 1 is 0.722 bits per heavy atom. The summed E-state index contributed by atoms with van der Waals surface area (Å²) in [5.74, 6) is -1.90. The molecule has 0 amide bonds. The van der Waals surface area contributed by atoms with Crippen molar-refractivity contribution in [3.05, 3.63) is 0 Å². The number of carboxylic acid groups (broad SMARTS) is 2. The van der Waals surface area contributed by atoms with Crippen LogP contribution in [0.25, 0.3) is 0 Å². The maximum Gasteiger partial charge on any atom is 0.303 e. The average Bonchev–Trinajstić information content (AvgIpc) is 2.32. The maximum absolute atomic E-state index is 9.79. The monoisotopic (exact) mass is 268 g/mol. The quantitative estimate of drug-likeness (QED) is 0.303. The average molecular weight is 268 g/mol. The molecule has 6 N–H and O–H groups in total. The van der Waals surface area contributed by atoms with E-state index in [9.17, 15) is 9.59 Å². The van der Waals surface area contributed by atoms with Crippen molar-refractivity contribution in [2.45, 2.75) is 19.3 Å². The predicted octanol–water partition coefficient (Wildman–Crippen LogP) is -1.73. The fraction of sp³-hybridized carbons (Fsp3) is 0.800. The van der Waals surface area contributed by atoms with Crippen molar-refractivity contribution in [3.8, 4) is 0 Å². The Labute approximate surface area is 104 Å². The molecule has 8 nitrogen and oxygen atoms in total. The zero-order valence-electron chi connectivity index (χ0n) is 9.95. The van der Waals surface area contributed by atoms with Gasteiger partial charge in [0.15, 0.2) is 0 Å². The van der Waals surface area contributed by atoms with Crippen molar-refractivity contribution in [1.82, 2.24) is 0 Å². The Balaban J connectivity index is 0. The van der Waals surface area contributed by atoms with Gasteiger partial charge in [0.25, 0.3) is 0 Å². The Kier molecular flexibility index (Phi) is 11.6. The van der Waals surface area contributed by atoms with E-state index in [0.29, 0.717) is 0 Å². The number of aliphatic hydroxyl groups is 4. The van der Waals surface area contributed by atoms with Gasteiger partial charge in [-0.15, -0.1) is 0 Å². The number of hydrogen-bond acceptors (Lipinski definition) is 6. The number of rotatable bonds is 8. The van der Waals surface area contributed by atoms with Gasteiger partial charge in [0.05, 0.1) is 31.8 Å². The molecular formula is C10H20O8. The van der Waals surface area contributed by atoms with Crippen molar-refractivity contribution in [3.63, 3.8) is 0 Å². The molecule has 0 radical (unpaired) electrons. The van der Waals surface area contributed by atoms with Crippen LogP contribution in [0.4, 0.5) is 0 Å². The number of aliphatic carboxylic acids is 2. The van der Waals surface area contributed by atoms with Gasteiger partial charge >= 0.3 is 11.9 Å². The molecule has 18 heavy (non-hydrogen) atoms. The molecule has 0 aliphatic carbocycles. The summed E-state index contributed by atoms with van der Waals surface area (Å²) < 4.78 is 0. The molecule has 0 fully saturated rings. The molecule has 0 aliphatic heterocycles. The molecule has 0 aromatic heterocycles. The lowest BCUT2D eigenvalue weighted by Gasteiger charge is -2.23. The molecule has 0 saturated carbocycles. The highest BCUT2D eigenvalue weighted by Gasteiger charge is 2.26. The minimum absolute atomic E-state index is 0.0632. The van der Waals surface area contributed by atoms with E-state index in [4.69, 9.17) is 30.6 Å². The van der Waals surface area contributed by atoms with Crippen LogP contribution in [0.15, 0.2) is 0 Å². The van der Waals surface area contributed by atoms with Gasteiger partial charge in [-0.2, -0.15) is 0 Å². The highest BCUT2D eigenvalue weighted by molar-refractivity contribution is 5.69. The standard InChI is InChI=1S/C5H12O4.C5H8O4/c6-1-5(2-7,3-8)4-9;6-4(7)2-1-3-5(8)9/h6-9H,1-4H2;1-3H2,(H,6,7)(H,8,9). The SMILES string of the molecule is O=C(O)CCCC(=O)O.OCC(CO)(CO)CO. The van der Waals surface area contributed by atoms with Gasteiger partial charge in [0, 0.05) is 12.8 Å². The van der Waals surface area contributed by atoms with Crippen LogP contribution in [0, 0.1) is 5.41 Å². The first kappa shape index (κ1) is 19.1. The van der Waals surface area contributed by atoms with E-state index in [-0.39, 0.29) is 19.3 Å². The van der Waals surface area contributed by atoms with E-state index in [1.54, 1.807) is 0 Å². The van der Waals surface area contributed by atoms with E-state index in [0.717, 1.165) is 0 Å². The third-order valence-corrected chi connectivity index (χ3v) is 2.12. The second-order valence-corrected chi connectivity index (χ2v) is 3.77. The van der Waals surface area contributed by atoms with Gasteiger partial charge in [0.1, 0.15) is 0 Å². The summed E-state index contributed by atoms with van der Waals surface area (Å²) in [6, 6.07) is 0. The third-order valence-electron chi connectivity index (χ3n) is 2.12. The first-order chi connectivity index (χ1) is 8.37. The molecule has 0 spiro atoms. The highest BCUT2D eigenvalue weighted by Crippen LogP contribution is 2.11. The lowest BCUT2D eigenvalue weighted by molar-refractivity contribution is -0.138. The number of aliphatic hydroxyl groups excluding tert-OH is 4. The van der Waals surface area contributed by atoms with Crippen LogP contribution in [0.5, 0.6) is 0 Å². The zero-order valence-corrected chi connectivity index (χ0v) is 9.95. The van der Waals surface area contributed by atoms with Gasteiger partial charge in [-0.3, -0.25) is 9.59 Å². The summed E-state index contributed by atoms with van der Waals surface area (Å²) in [7, 11) is 0. The van der Waals surface area contributed by atoms with E-state index in [2.05, 4.69) is 0 Å². The predicted molar refractivity (Wildman–Crippen MR) is 59.9 cm³/mol. The lowest BCUT2D eigenvalue weighted by Crippen LogP contribution is -2.37. The Hall–Kier alpha value is -1.22. The van der Waals surface area contributed by atoms with E-state index in [1.165, 1.54) is 0 Å². The molecule has 0 rings (SSSR count). The first-order valence-electron chi connectivity index (χ1n) is 5.24. The van der Waals surface area contributed by atoms with Crippen molar-refractivity contribution < 1.29 is 40.2 Å². The van der Waals surface area contributed by atoms with Gasteiger partial charge < -0.3 is 30.6 Å². The van der Waals surface area contributed by atoms with Gasteiger partial charge in [0.2, 0.25) is 0 Å². The van der Waals surface area contributed by atoms with Crippen LogP contribution in [0.2, 0.25) is 0 Å². The summed E-state index contributed by atoms with van der Waals surface area (Å²) in [4.78, 5) is 19.6. The zero-order chi connectivity index (χ0) is 14.6. The lowest BCUT2D eigenvalue weighted by atomic mass is 9.93. The van der Waals surface area contributed by atoms with Gasteiger partial charge in [-0.25, -0.2) is 0 Å². The smallest absolute Gasteiger partial charge is 0.303 e. The third kappa shape index (κ3) is 9.97. The summed E-state index contributed by atoms with van der Waals surface area (Å²) in [6.07, 6.45) is 0.0866. The molecule has 0 bridgehead atoms. The fourth-order valence-corrected chi connectivity index (χ4v) is 0.691. The van der Waals surface area contributed by atoms with Gasteiger partial charge in [-0.05, 0) is 6.42 Å². The topological polar surface area (TPSA) is 156 Å². The fourth-order valence-electron chi connectivity index (χ4n) is 0.691. The van der Waals surface area contributed by atoms with Crippen LogP contribution < -0.4 is 0 Å². The minimum atomic E-state index is -1.11. The molecule has 0 aromatic carbocycles. The normalized spacial score (nSPS) is 10.4. The second-order valence-electron chi connectivity index (χ2n) is 3.77. The van der Waals surface area contributed by atoms with Crippen LogP contribution in [0.3, 0.4) is 0 Å². The first-order valence-corrected chi connectivity index (χ1v) is 5.24. The Morgan fingerprint density at radius 2 is 1.00 bits per heavy atom. The van der Waals surface area contributed by atoms with Crippen LogP contribution in [-0.4, -0.2) is 69.0 Å². The van der Waals surface area contributed by atoms with Crippen LogP contribution in [0.1, 0.15) is 19.3 Å². The molecule has 0 unspecified atom stereocenters. The molecular weight excluding hydrogens is 248 g/mol. The Morgan fingerprint density at radius 3 is 1.11 bits per heavy atom. The molecule has 0 saturated heterocycles. The van der Waals surface area contributed by atoms with Gasteiger partial charge in [-0.1, -0.05) is 0 Å². The van der Waals surface area contributed by atoms with Crippen molar-refractivity contribution in [2.24, 2.45) is 5.41 Å². The van der Waals surface area contributed by atoms with Crippen molar-refractivity contribution >= 4 is 11.9 Å². The maximum atomic E-state index is 9.79. The molecule has 0 heterocycles. The number of carbonyl (C=O) groups is 2. The van der Waals surface area contributed by atoms with E-state index in [1.807, 2.05) is 0 Å². The molecule has 8 heteroatoms. The van der Waals surface area contributed by atoms with E-state index < -0.39 is 43.8 Å². The van der Waals surface area contributed by atoms with Crippen LogP contribution in [-0.2, 0) is 9.59 Å². The van der Waals surface area contributed by atoms with Crippen LogP contribution >= 0.6 is 0 Å². The summed E-state index contributed by atoms with van der Waals surface area (Å²) in [6.45, 7) is -1.62. The number of hydrogen-bond donors (Lipinski definition) is 6. The largest absolute Gasteiger partial charge is 0.481 e. The molecule has 0 aliphatic rings. The van der Waals surface area contributed by atoms with Crippen molar-refractivity contribution in [1.29, 1.82) is 0 Å². The van der Waals surface area contributed by atoms with E-state index >= 15 is 0 Å². The highest BCUT2D eigenvalue weighted by atomic mass is 16.4. The Bertz CT molecular complexity index is 205. The summed E-state index contributed by atoms with van der Waals surface area (Å²) in [5, 5.41) is 50.1. The minimum Gasteiger partial charge on any atom is -0.481 e. The second kappa shape index (κ2) is 10.9. The summed E-state index contributed by atoms with van der Waals surface area (Å²) >= 11 is 0. The molecule has 0 atom stereocenters. The number of carboxylic acids is 2. The van der Waals surface area contributed by atoms with Crippen molar-refractivity contribution in [2.75, 3.05) is 26.4 Å². The molecule has 108 valence electrons. The molecule has 0 aromatic rings. The summed E-state index contributed by atoms with van der Waals surface area (Å²) in [5.41, 5.74) is -1.11.